The lowest BCUT2D eigenvalue weighted by molar-refractivity contribution is -0.152. The standard InChI is InChI=1S/C14H23NO3/c1-14(2)8-4-3-6-10(14)12(16)15-9-5-7-11(15)13(17)18/h10-11H,3-9H2,1-2H3,(H,17,18). The van der Waals surface area contributed by atoms with Crippen molar-refractivity contribution in [2.75, 3.05) is 6.54 Å². The Morgan fingerprint density at radius 2 is 1.89 bits per heavy atom. The summed E-state index contributed by atoms with van der Waals surface area (Å²) >= 11 is 0. The van der Waals surface area contributed by atoms with E-state index in [4.69, 9.17) is 5.11 Å². The van der Waals surface area contributed by atoms with E-state index in [2.05, 4.69) is 13.8 Å². The Balaban J connectivity index is 2.12. The number of aliphatic carboxylic acids is 1. The first-order valence-corrected chi connectivity index (χ1v) is 6.97. The molecule has 1 saturated heterocycles. The van der Waals surface area contributed by atoms with E-state index in [9.17, 15) is 9.59 Å². The fraction of sp³-hybridized carbons (Fsp3) is 0.857. The SMILES string of the molecule is CC1(C)CCCCC1C(=O)N1CCCC1C(=O)O. The Kier molecular flexibility index (Phi) is 3.64. The zero-order valence-electron chi connectivity index (χ0n) is 11.3. The molecule has 0 bridgehead atoms. The number of amides is 1. The third-order valence-electron chi connectivity index (χ3n) is 4.63. The van der Waals surface area contributed by atoms with Crippen LogP contribution in [0.3, 0.4) is 0 Å². The second kappa shape index (κ2) is 4.90. The van der Waals surface area contributed by atoms with Gasteiger partial charge in [-0.15, -0.1) is 0 Å². The number of likely N-dealkylation sites (tertiary alicyclic amines) is 1. The summed E-state index contributed by atoms with van der Waals surface area (Å²) in [4.78, 5) is 25.4. The smallest absolute Gasteiger partial charge is 0.326 e. The lowest BCUT2D eigenvalue weighted by Gasteiger charge is -2.40. The monoisotopic (exact) mass is 253 g/mol. The number of nitrogens with zero attached hydrogens (tertiary/aromatic N) is 1. The first-order chi connectivity index (χ1) is 8.43. The first kappa shape index (κ1) is 13.4. The highest BCUT2D eigenvalue weighted by atomic mass is 16.4. The molecule has 4 nitrogen and oxygen atoms in total. The molecule has 0 aromatic heterocycles. The molecular formula is C14H23NO3. The summed E-state index contributed by atoms with van der Waals surface area (Å²) in [6.07, 6.45) is 5.66. The zero-order chi connectivity index (χ0) is 13.3. The Morgan fingerprint density at radius 3 is 2.50 bits per heavy atom. The van der Waals surface area contributed by atoms with Gasteiger partial charge in [0.1, 0.15) is 6.04 Å². The molecule has 0 aromatic rings. The number of hydrogen-bond acceptors (Lipinski definition) is 2. The second-order valence-electron chi connectivity index (χ2n) is 6.31. The van der Waals surface area contributed by atoms with Gasteiger partial charge in [-0.05, 0) is 31.1 Å². The molecule has 2 aliphatic rings. The van der Waals surface area contributed by atoms with E-state index in [1.807, 2.05) is 0 Å². The molecule has 1 aliphatic carbocycles. The van der Waals surface area contributed by atoms with Crippen molar-refractivity contribution >= 4 is 11.9 Å². The maximum Gasteiger partial charge on any atom is 0.326 e. The van der Waals surface area contributed by atoms with Gasteiger partial charge >= 0.3 is 5.97 Å². The van der Waals surface area contributed by atoms with E-state index >= 15 is 0 Å². The van der Waals surface area contributed by atoms with Crippen LogP contribution in [0.5, 0.6) is 0 Å². The third-order valence-corrected chi connectivity index (χ3v) is 4.63. The van der Waals surface area contributed by atoms with E-state index in [0.717, 1.165) is 25.7 Å². The Bertz CT molecular complexity index is 351. The van der Waals surface area contributed by atoms with Gasteiger partial charge in [0, 0.05) is 12.5 Å². The van der Waals surface area contributed by atoms with Crippen LogP contribution in [0.15, 0.2) is 0 Å². The van der Waals surface area contributed by atoms with Crippen LogP contribution >= 0.6 is 0 Å². The van der Waals surface area contributed by atoms with Crippen LogP contribution in [0.4, 0.5) is 0 Å². The second-order valence-corrected chi connectivity index (χ2v) is 6.31. The van der Waals surface area contributed by atoms with Crippen LogP contribution in [0.2, 0.25) is 0 Å². The molecule has 2 unspecified atom stereocenters. The maximum absolute atomic E-state index is 12.6. The number of carbonyl (C=O) groups excluding carboxylic acids is 1. The number of rotatable bonds is 2. The molecule has 1 heterocycles. The number of carbonyl (C=O) groups is 2. The average Bonchev–Trinajstić information content (AvgIpc) is 2.76. The first-order valence-electron chi connectivity index (χ1n) is 6.97. The van der Waals surface area contributed by atoms with Gasteiger partial charge in [0.15, 0.2) is 0 Å². The summed E-state index contributed by atoms with van der Waals surface area (Å²) in [6.45, 7) is 4.89. The fourth-order valence-electron chi connectivity index (χ4n) is 3.44. The molecule has 2 fully saturated rings. The summed E-state index contributed by atoms with van der Waals surface area (Å²) in [5, 5.41) is 9.17. The Morgan fingerprint density at radius 1 is 1.17 bits per heavy atom. The highest BCUT2D eigenvalue weighted by molar-refractivity contribution is 5.86. The predicted octanol–water partition coefficient (Wildman–Crippen LogP) is 2.28. The fourth-order valence-corrected chi connectivity index (χ4v) is 3.44. The average molecular weight is 253 g/mol. The van der Waals surface area contributed by atoms with Gasteiger partial charge in [-0.1, -0.05) is 26.7 Å². The van der Waals surface area contributed by atoms with Crippen LogP contribution in [0.25, 0.3) is 0 Å². The third kappa shape index (κ3) is 2.38. The van der Waals surface area contributed by atoms with Crippen LogP contribution in [0.1, 0.15) is 52.4 Å². The van der Waals surface area contributed by atoms with E-state index in [0.29, 0.717) is 13.0 Å². The van der Waals surface area contributed by atoms with Gasteiger partial charge in [0.05, 0.1) is 0 Å². The van der Waals surface area contributed by atoms with E-state index in [1.54, 1.807) is 4.90 Å². The molecule has 1 saturated carbocycles. The van der Waals surface area contributed by atoms with Gasteiger partial charge in [0.2, 0.25) is 5.91 Å². The number of carboxylic acids is 1. The molecule has 1 aliphatic heterocycles. The molecule has 1 N–H and O–H groups in total. The van der Waals surface area contributed by atoms with Crippen molar-refractivity contribution in [3.63, 3.8) is 0 Å². The number of hydrogen-bond donors (Lipinski definition) is 1. The van der Waals surface area contributed by atoms with Crippen LogP contribution in [-0.2, 0) is 9.59 Å². The van der Waals surface area contributed by atoms with Crippen molar-refractivity contribution in [3.05, 3.63) is 0 Å². The molecule has 1 amide bonds. The van der Waals surface area contributed by atoms with Gasteiger partial charge in [-0.25, -0.2) is 4.79 Å². The summed E-state index contributed by atoms with van der Waals surface area (Å²) < 4.78 is 0. The molecular weight excluding hydrogens is 230 g/mol. The molecule has 2 rings (SSSR count). The summed E-state index contributed by atoms with van der Waals surface area (Å²) in [6, 6.07) is -0.588. The number of carboxylic acid groups (broad SMARTS) is 1. The van der Waals surface area contributed by atoms with Crippen molar-refractivity contribution in [1.29, 1.82) is 0 Å². The van der Waals surface area contributed by atoms with Gasteiger partial charge in [-0.2, -0.15) is 0 Å². The normalized spacial score (nSPS) is 31.3. The lowest BCUT2D eigenvalue weighted by Crippen LogP contribution is -2.47. The highest BCUT2D eigenvalue weighted by Gasteiger charge is 2.43. The topological polar surface area (TPSA) is 57.6 Å². The van der Waals surface area contributed by atoms with Crippen molar-refractivity contribution in [3.8, 4) is 0 Å². The molecule has 18 heavy (non-hydrogen) atoms. The van der Waals surface area contributed by atoms with E-state index < -0.39 is 12.0 Å². The molecule has 102 valence electrons. The lowest BCUT2D eigenvalue weighted by atomic mass is 9.68. The molecule has 4 heteroatoms. The summed E-state index contributed by atoms with van der Waals surface area (Å²) in [5.74, 6) is -0.773. The Labute approximate surface area is 108 Å². The minimum absolute atomic E-state index is 0.00574. The highest BCUT2D eigenvalue weighted by Crippen LogP contribution is 2.42. The minimum atomic E-state index is -0.852. The van der Waals surface area contributed by atoms with Gasteiger partial charge < -0.3 is 10.0 Å². The van der Waals surface area contributed by atoms with Crippen molar-refractivity contribution in [1.82, 2.24) is 4.90 Å². The molecule has 0 aromatic carbocycles. The van der Waals surface area contributed by atoms with Crippen molar-refractivity contribution in [2.45, 2.75) is 58.4 Å². The van der Waals surface area contributed by atoms with E-state index in [-0.39, 0.29) is 17.2 Å². The van der Waals surface area contributed by atoms with Crippen molar-refractivity contribution in [2.24, 2.45) is 11.3 Å². The van der Waals surface area contributed by atoms with Gasteiger partial charge in [-0.3, -0.25) is 4.79 Å². The van der Waals surface area contributed by atoms with Crippen LogP contribution in [0, 0.1) is 11.3 Å². The maximum atomic E-state index is 12.6. The van der Waals surface area contributed by atoms with E-state index in [1.165, 1.54) is 6.42 Å². The zero-order valence-corrected chi connectivity index (χ0v) is 11.3. The Hall–Kier alpha value is -1.06. The molecule has 2 atom stereocenters. The largest absolute Gasteiger partial charge is 0.480 e. The predicted molar refractivity (Wildman–Crippen MR) is 68.1 cm³/mol. The molecule has 0 radical (unpaired) electrons. The van der Waals surface area contributed by atoms with Crippen molar-refractivity contribution < 1.29 is 14.7 Å². The van der Waals surface area contributed by atoms with Gasteiger partial charge in [0.25, 0.3) is 0 Å². The summed E-state index contributed by atoms with van der Waals surface area (Å²) in [5.41, 5.74) is 0.0149. The summed E-state index contributed by atoms with van der Waals surface area (Å²) in [7, 11) is 0. The minimum Gasteiger partial charge on any atom is -0.480 e. The van der Waals surface area contributed by atoms with Crippen LogP contribution in [-0.4, -0.2) is 34.5 Å². The quantitative estimate of drug-likeness (QED) is 0.821. The van der Waals surface area contributed by atoms with Crippen LogP contribution < -0.4 is 0 Å². The molecule has 0 spiro atoms.